The molecule has 4 nitrogen and oxygen atoms in total. The molecule has 1 amide bonds. The summed E-state index contributed by atoms with van der Waals surface area (Å²) in [7, 11) is 0. The van der Waals surface area contributed by atoms with E-state index in [1.807, 2.05) is 61.8 Å². The number of hydrogen-bond acceptors (Lipinski definition) is 2. The molecule has 29 heavy (non-hydrogen) atoms. The van der Waals surface area contributed by atoms with Crippen molar-refractivity contribution in [2.45, 2.75) is 25.8 Å². The van der Waals surface area contributed by atoms with Gasteiger partial charge >= 0.3 is 0 Å². The highest BCUT2D eigenvalue weighted by atomic mass is 19.1. The van der Waals surface area contributed by atoms with Crippen molar-refractivity contribution in [1.29, 1.82) is 0 Å². The van der Waals surface area contributed by atoms with E-state index in [0.29, 0.717) is 13.0 Å². The van der Waals surface area contributed by atoms with Crippen LogP contribution in [0.2, 0.25) is 0 Å². The summed E-state index contributed by atoms with van der Waals surface area (Å²) in [6.07, 6.45) is 4.14. The Morgan fingerprint density at radius 1 is 1.07 bits per heavy atom. The molecule has 4 aromatic rings. The maximum Gasteiger partial charge on any atom is 0.221 e. The summed E-state index contributed by atoms with van der Waals surface area (Å²) in [6.45, 7) is 2.39. The molecule has 146 valence electrons. The number of imidazole rings is 1. The molecule has 2 heterocycles. The molecule has 0 aliphatic rings. The fraction of sp³-hybridized carbons (Fsp3) is 0.167. The average Bonchev–Trinajstić information content (AvgIpc) is 3.17. The molecule has 0 fully saturated rings. The Hall–Kier alpha value is -3.47. The summed E-state index contributed by atoms with van der Waals surface area (Å²) in [5, 5.41) is 2.95. The number of amides is 1. The van der Waals surface area contributed by atoms with Gasteiger partial charge in [0.1, 0.15) is 11.5 Å². The normalized spacial score (nSPS) is 12.1. The molecule has 0 aliphatic heterocycles. The summed E-state index contributed by atoms with van der Waals surface area (Å²) in [6, 6.07) is 20.2. The van der Waals surface area contributed by atoms with E-state index in [0.717, 1.165) is 28.0 Å². The van der Waals surface area contributed by atoms with Crippen molar-refractivity contribution in [3.05, 3.63) is 107 Å². The lowest BCUT2D eigenvalue weighted by Crippen LogP contribution is -2.25. The largest absolute Gasteiger partial charge is 0.352 e. The summed E-state index contributed by atoms with van der Waals surface area (Å²) in [5.74, 6) is -0.473. The van der Waals surface area contributed by atoms with Gasteiger partial charge < -0.3 is 9.72 Å². The first-order valence-electron chi connectivity index (χ1n) is 9.60. The van der Waals surface area contributed by atoms with Crippen molar-refractivity contribution in [3.8, 4) is 0 Å². The third kappa shape index (κ3) is 4.19. The zero-order valence-corrected chi connectivity index (χ0v) is 16.2. The molecule has 0 aliphatic carbocycles. The molecule has 0 unspecified atom stereocenters. The van der Waals surface area contributed by atoms with Crippen LogP contribution < -0.4 is 5.32 Å². The highest BCUT2D eigenvalue weighted by Gasteiger charge is 2.22. The van der Waals surface area contributed by atoms with E-state index in [4.69, 9.17) is 0 Å². The molecule has 0 spiro atoms. The second kappa shape index (κ2) is 8.27. The molecule has 1 atom stereocenters. The molecule has 0 radical (unpaired) electrons. The maximum atomic E-state index is 13.1. The van der Waals surface area contributed by atoms with Crippen LogP contribution in [-0.2, 0) is 11.3 Å². The first-order chi connectivity index (χ1) is 14.1. The molecule has 2 aromatic carbocycles. The number of aromatic nitrogens is 2. The van der Waals surface area contributed by atoms with E-state index in [1.165, 1.54) is 12.1 Å². The fourth-order valence-corrected chi connectivity index (χ4v) is 3.57. The summed E-state index contributed by atoms with van der Waals surface area (Å²) >= 11 is 0. The van der Waals surface area contributed by atoms with Crippen molar-refractivity contribution in [2.75, 3.05) is 0 Å². The lowest BCUT2D eigenvalue weighted by atomic mass is 9.92. The van der Waals surface area contributed by atoms with Gasteiger partial charge in [0, 0.05) is 31.3 Å². The average molecular weight is 387 g/mol. The molecule has 4 rings (SSSR count). The van der Waals surface area contributed by atoms with E-state index in [1.54, 1.807) is 12.1 Å². The number of rotatable bonds is 6. The van der Waals surface area contributed by atoms with Crippen molar-refractivity contribution in [1.82, 2.24) is 14.7 Å². The van der Waals surface area contributed by atoms with E-state index >= 15 is 0 Å². The van der Waals surface area contributed by atoms with Crippen LogP contribution in [0.25, 0.3) is 5.65 Å². The molecule has 0 bridgehead atoms. The Bertz CT molecular complexity index is 1120. The summed E-state index contributed by atoms with van der Waals surface area (Å²) in [4.78, 5) is 17.3. The Labute approximate surface area is 169 Å². The van der Waals surface area contributed by atoms with Gasteiger partial charge in [-0.25, -0.2) is 9.37 Å². The standard InChI is InChI=1S/C24H22FN3O/c1-17-6-5-13-28-22(16-27-24(17)28)21(19-7-3-2-4-8-19)14-23(29)26-15-18-9-11-20(25)12-10-18/h2-13,16,21H,14-15H2,1H3,(H,26,29)/t21-/m1/s1. The molecule has 1 N–H and O–H groups in total. The van der Waals surface area contributed by atoms with Gasteiger partial charge in [-0.2, -0.15) is 0 Å². The van der Waals surface area contributed by atoms with Crippen molar-refractivity contribution in [2.24, 2.45) is 0 Å². The van der Waals surface area contributed by atoms with Crippen LogP contribution in [0.1, 0.15) is 34.7 Å². The Kier molecular flexibility index (Phi) is 5.38. The lowest BCUT2D eigenvalue weighted by Gasteiger charge is -2.17. The van der Waals surface area contributed by atoms with Gasteiger partial charge in [0.05, 0.1) is 5.69 Å². The SMILES string of the molecule is Cc1cccn2c([C@H](CC(=O)NCc3ccc(F)cc3)c3ccccc3)cnc12. The van der Waals surface area contributed by atoms with Gasteiger partial charge in [-0.1, -0.05) is 48.5 Å². The number of fused-ring (bicyclic) bond motifs is 1. The van der Waals surface area contributed by atoms with Gasteiger partial charge in [-0.15, -0.1) is 0 Å². The van der Waals surface area contributed by atoms with E-state index in [2.05, 4.69) is 14.7 Å². The van der Waals surface area contributed by atoms with Crippen molar-refractivity contribution < 1.29 is 9.18 Å². The van der Waals surface area contributed by atoms with E-state index in [9.17, 15) is 9.18 Å². The van der Waals surface area contributed by atoms with Gasteiger partial charge in [-0.05, 0) is 41.8 Å². The minimum Gasteiger partial charge on any atom is -0.352 e. The van der Waals surface area contributed by atoms with Gasteiger partial charge in [0.2, 0.25) is 5.91 Å². The number of carbonyl (C=O) groups excluding carboxylic acids is 1. The highest BCUT2D eigenvalue weighted by molar-refractivity contribution is 5.77. The van der Waals surface area contributed by atoms with Crippen LogP contribution in [-0.4, -0.2) is 15.3 Å². The van der Waals surface area contributed by atoms with Gasteiger partial charge in [0.15, 0.2) is 0 Å². The fourth-order valence-electron chi connectivity index (χ4n) is 3.57. The number of nitrogens with one attached hydrogen (secondary N) is 1. The molecular formula is C24H22FN3O. The molecule has 2 aromatic heterocycles. The second-order valence-corrected chi connectivity index (χ2v) is 7.14. The number of nitrogens with zero attached hydrogens (tertiary/aromatic N) is 2. The van der Waals surface area contributed by atoms with Crippen LogP contribution in [0.15, 0.2) is 79.1 Å². The monoisotopic (exact) mass is 387 g/mol. The van der Waals surface area contributed by atoms with Crippen LogP contribution in [0.5, 0.6) is 0 Å². The minimum atomic E-state index is -0.285. The minimum absolute atomic E-state index is 0.0641. The molecular weight excluding hydrogens is 365 g/mol. The van der Waals surface area contributed by atoms with Crippen molar-refractivity contribution >= 4 is 11.6 Å². The predicted molar refractivity (Wildman–Crippen MR) is 111 cm³/mol. The second-order valence-electron chi connectivity index (χ2n) is 7.14. The predicted octanol–water partition coefficient (Wildman–Crippen LogP) is 4.62. The lowest BCUT2D eigenvalue weighted by molar-refractivity contribution is -0.121. The molecule has 5 heteroatoms. The number of benzene rings is 2. The van der Waals surface area contributed by atoms with Crippen LogP contribution >= 0.6 is 0 Å². The van der Waals surface area contributed by atoms with Crippen LogP contribution in [0.4, 0.5) is 4.39 Å². The third-order valence-corrected chi connectivity index (χ3v) is 5.11. The van der Waals surface area contributed by atoms with Crippen LogP contribution in [0.3, 0.4) is 0 Å². The zero-order valence-electron chi connectivity index (χ0n) is 16.2. The van der Waals surface area contributed by atoms with E-state index in [-0.39, 0.29) is 17.6 Å². The number of hydrogen-bond donors (Lipinski definition) is 1. The highest BCUT2D eigenvalue weighted by Crippen LogP contribution is 2.29. The van der Waals surface area contributed by atoms with Gasteiger partial charge in [0.25, 0.3) is 0 Å². The molecule has 0 saturated heterocycles. The number of carbonyl (C=O) groups is 1. The number of aryl methyl sites for hydroxylation is 1. The van der Waals surface area contributed by atoms with Gasteiger partial charge in [-0.3, -0.25) is 4.79 Å². The Balaban J connectivity index is 1.58. The first kappa shape index (κ1) is 18.9. The van der Waals surface area contributed by atoms with Crippen LogP contribution in [0, 0.1) is 12.7 Å². The first-order valence-corrected chi connectivity index (χ1v) is 9.60. The smallest absolute Gasteiger partial charge is 0.221 e. The number of halogens is 1. The summed E-state index contributed by atoms with van der Waals surface area (Å²) < 4.78 is 15.1. The van der Waals surface area contributed by atoms with E-state index < -0.39 is 0 Å². The number of pyridine rings is 1. The van der Waals surface area contributed by atoms with Crippen molar-refractivity contribution in [3.63, 3.8) is 0 Å². The maximum absolute atomic E-state index is 13.1. The third-order valence-electron chi connectivity index (χ3n) is 5.11. The topological polar surface area (TPSA) is 46.4 Å². The molecule has 0 saturated carbocycles. The summed E-state index contributed by atoms with van der Waals surface area (Å²) in [5.41, 5.74) is 4.89. The Morgan fingerprint density at radius 2 is 1.83 bits per heavy atom. The quantitative estimate of drug-likeness (QED) is 0.525. The Morgan fingerprint density at radius 3 is 2.59 bits per heavy atom. The zero-order chi connectivity index (χ0) is 20.2.